The van der Waals surface area contributed by atoms with Gasteiger partial charge in [0.2, 0.25) is 0 Å². The molecule has 0 amide bonds. The summed E-state index contributed by atoms with van der Waals surface area (Å²) in [5.41, 5.74) is 1.17. The number of methoxy groups -OCH3 is 1. The van der Waals surface area contributed by atoms with Crippen molar-refractivity contribution in [2.75, 3.05) is 46.9 Å². The van der Waals surface area contributed by atoms with E-state index in [1.165, 1.54) is 37.9 Å². The Hall–Kier alpha value is -1.59. The van der Waals surface area contributed by atoms with E-state index in [-0.39, 0.29) is 6.10 Å². The molecular formula is C18H30N4O. The average Bonchev–Trinajstić information content (AvgIpc) is 2.62. The zero-order valence-electron chi connectivity index (χ0n) is 14.4. The average molecular weight is 318 g/mol. The van der Waals surface area contributed by atoms with E-state index in [4.69, 9.17) is 4.74 Å². The maximum atomic E-state index is 5.58. The molecule has 1 atom stereocenters. The van der Waals surface area contributed by atoms with Crippen LogP contribution in [0, 0.1) is 0 Å². The summed E-state index contributed by atoms with van der Waals surface area (Å²) in [4.78, 5) is 6.81. The third-order valence-electron chi connectivity index (χ3n) is 4.30. The predicted octanol–water partition coefficient (Wildman–Crippen LogP) is 2.03. The van der Waals surface area contributed by atoms with Crippen LogP contribution in [0.25, 0.3) is 0 Å². The van der Waals surface area contributed by atoms with E-state index in [9.17, 15) is 0 Å². The molecule has 0 aliphatic carbocycles. The number of nitrogens with zero attached hydrogens (tertiary/aromatic N) is 2. The molecule has 2 rings (SSSR count). The van der Waals surface area contributed by atoms with Gasteiger partial charge in [-0.15, -0.1) is 0 Å². The van der Waals surface area contributed by atoms with Gasteiger partial charge in [-0.3, -0.25) is 4.99 Å². The largest absolute Gasteiger partial charge is 0.375 e. The van der Waals surface area contributed by atoms with Crippen molar-refractivity contribution in [3.8, 4) is 0 Å². The topological polar surface area (TPSA) is 48.9 Å². The lowest BCUT2D eigenvalue weighted by Crippen LogP contribution is -2.43. The highest BCUT2D eigenvalue weighted by atomic mass is 16.5. The first-order valence-corrected chi connectivity index (χ1v) is 8.58. The predicted molar refractivity (Wildman–Crippen MR) is 95.8 cm³/mol. The van der Waals surface area contributed by atoms with E-state index in [0.29, 0.717) is 6.54 Å². The van der Waals surface area contributed by atoms with E-state index in [1.807, 2.05) is 18.2 Å². The quantitative estimate of drug-likeness (QED) is 0.596. The third-order valence-corrected chi connectivity index (χ3v) is 4.30. The molecule has 5 heteroatoms. The highest BCUT2D eigenvalue weighted by Gasteiger charge is 2.12. The number of guanidine groups is 1. The van der Waals surface area contributed by atoms with Gasteiger partial charge in [-0.2, -0.15) is 0 Å². The van der Waals surface area contributed by atoms with Gasteiger partial charge in [-0.1, -0.05) is 36.8 Å². The Morgan fingerprint density at radius 1 is 1.17 bits per heavy atom. The number of piperidine rings is 1. The van der Waals surface area contributed by atoms with Crippen molar-refractivity contribution >= 4 is 5.96 Å². The lowest BCUT2D eigenvalue weighted by atomic mass is 10.1. The van der Waals surface area contributed by atoms with Crippen LogP contribution in [0.4, 0.5) is 0 Å². The molecule has 0 radical (unpaired) electrons. The molecule has 0 aromatic heterocycles. The first-order chi connectivity index (χ1) is 11.3. The van der Waals surface area contributed by atoms with Crippen molar-refractivity contribution in [3.63, 3.8) is 0 Å². The molecule has 5 nitrogen and oxygen atoms in total. The molecule has 128 valence electrons. The van der Waals surface area contributed by atoms with Gasteiger partial charge in [-0.25, -0.2) is 0 Å². The second-order valence-electron chi connectivity index (χ2n) is 5.92. The van der Waals surface area contributed by atoms with Gasteiger partial charge in [0.15, 0.2) is 5.96 Å². The van der Waals surface area contributed by atoms with Crippen molar-refractivity contribution in [1.82, 2.24) is 15.5 Å². The fourth-order valence-electron chi connectivity index (χ4n) is 2.93. The number of hydrogen-bond donors (Lipinski definition) is 2. The Morgan fingerprint density at radius 3 is 2.57 bits per heavy atom. The number of likely N-dealkylation sites (tertiary alicyclic amines) is 1. The van der Waals surface area contributed by atoms with Gasteiger partial charge in [-0.05, 0) is 31.5 Å². The highest BCUT2D eigenvalue weighted by Crippen LogP contribution is 2.14. The fourth-order valence-corrected chi connectivity index (χ4v) is 2.93. The molecule has 1 heterocycles. The molecule has 1 fully saturated rings. The summed E-state index contributed by atoms with van der Waals surface area (Å²) in [6.07, 6.45) is 4.07. The minimum atomic E-state index is 0.0249. The molecule has 1 aliphatic heterocycles. The van der Waals surface area contributed by atoms with E-state index >= 15 is 0 Å². The van der Waals surface area contributed by atoms with Crippen LogP contribution in [0.15, 0.2) is 35.3 Å². The van der Waals surface area contributed by atoms with Crippen LogP contribution in [0.1, 0.15) is 30.9 Å². The molecule has 1 unspecified atom stereocenters. The summed E-state index contributed by atoms with van der Waals surface area (Å²) in [6, 6.07) is 10.3. The highest BCUT2D eigenvalue weighted by molar-refractivity contribution is 5.79. The summed E-state index contributed by atoms with van der Waals surface area (Å²) >= 11 is 0. The van der Waals surface area contributed by atoms with E-state index in [1.54, 1.807) is 14.2 Å². The number of nitrogens with one attached hydrogen (secondary N) is 2. The normalized spacial score (nSPS) is 17.7. The zero-order valence-corrected chi connectivity index (χ0v) is 14.4. The molecule has 2 N–H and O–H groups in total. The maximum Gasteiger partial charge on any atom is 0.191 e. The van der Waals surface area contributed by atoms with Gasteiger partial charge < -0.3 is 20.3 Å². The first kappa shape index (κ1) is 17.8. The maximum absolute atomic E-state index is 5.58. The summed E-state index contributed by atoms with van der Waals surface area (Å²) in [7, 11) is 3.55. The van der Waals surface area contributed by atoms with Crippen LogP contribution in [0.2, 0.25) is 0 Å². The molecule has 1 aromatic carbocycles. The van der Waals surface area contributed by atoms with Crippen molar-refractivity contribution in [2.24, 2.45) is 4.99 Å². The SMILES string of the molecule is CN=C(NCCN1CCCCC1)NCC(OC)c1ccccc1. The molecule has 0 bridgehead atoms. The van der Waals surface area contributed by atoms with Crippen molar-refractivity contribution in [1.29, 1.82) is 0 Å². The minimum absolute atomic E-state index is 0.0249. The van der Waals surface area contributed by atoms with Crippen LogP contribution in [0.5, 0.6) is 0 Å². The molecule has 1 saturated heterocycles. The zero-order chi connectivity index (χ0) is 16.3. The summed E-state index contributed by atoms with van der Waals surface area (Å²) in [5.74, 6) is 0.833. The van der Waals surface area contributed by atoms with Gasteiger partial charge in [0.25, 0.3) is 0 Å². The summed E-state index contributed by atoms with van der Waals surface area (Å²) < 4.78 is 5.58. The number of rotatable bonds is 7. The number of hydrogen-bond acceptors (Lipinski definition) is 3. The molecule has 0 spiro atoms. The molecular weight excluding hydrogens is 288 g/mol. The third kappa shape index (κ3) is 6.20. The molecule has 1 aliphatic rings. The molecule has 23 heavy (non-hydrogen) atoms. The van der Waals surface area contributed by atoms with Crippen LogP contribution >= 0.6 is 0 Å². The van der Waals surface area contributed by atoms with Crippen LogP contribution in [0.3, 0.4) is 0 Å². The van der Waals surface area contributed by atoms with Crippen molar-refractivity contribution in [3.05, 3.63) is 35.9 Å². The Labute approximate surface area is 140 Å². The van der Waals surface area contributed by atoms with Crippen molar-refractivity contribution in [2.45, 2.75) is 25.4 Å². The monoisotopic (exact) mass is 318 g/mol. The molecule has 1 aromatic rings. The van der Waals surface area contributed by atoms with E-state index < -0.39 is 0 Å². The summed E-state index contributed by atoms with van der Waals surface area (Å²) in [6.45, 7) is 5.15. The van der Waals surface area contributed by atoms with Crippen LogP contribution < -0.4 is 10.6 Å². The minimum Gasteiger partial charge on any atom is -0.375 e. The lowest BCUT2D eigenvalue weighted by molar-refractivity contribution is 0.106. The van der Waals surface area contributed by atoms with Gasteiger partial charge >= 0.3 is 0 Å². The van der Waals surface area contributed by atoms with Crippen molar-refractivity contribution < 1.29 is 4.74 Å². The van der Waals surface area contributed by atoms with Crippen LogP contribution in [-0.4, -0.2) is 57.7 Å². The van der Waals surface area contributed by atoms with E-state index in [2.05, 4.69) is 32.7 Å². The second-order valence-corrected chi connectivity index (χ2v) is 5.92. The smallest absolute Gasteiger partial charge is 0.191 e. The van der Waals surface area contributed by atoms with Gasteiger partial charge in [0.05, 0.1) is 6.10 Å². The Morgan fingerprint density at radius 2 is 1.91 bits per heavy atom. The Bertz CT molecular complexity index is 457. The number of ether oxygens (including phenoxy) is 1. The standard InChI is InChI=1S/C18H30N4O/c1-19-18(20-11-14-22-12-7-4-8-13-22)21-15-17(23-2)16-9-5-3-6-10-16/h3,5-6,9-10,17H,4,7-8,11-15H2,1-2H3,(H2,19,20,21). The number of aliphatic imine (C=N–C) groups is 1. The molecule has 0 saturated carbocycles. The van der Waals surface area contributed by atoms with Gasteiger partial charge in [0, 0.05) is 33.8 Å². The second kappa shape index (κ2) is 10.2. The number of benzene rings is 1. The lowest BCUT2D eigenvalue weighted by Gasteiger charge is -2.26. The Kier molecular flexibility index (Phi) is 7.90. The van der Waals surface area contributed by atoms with Gasteiger partial charge in [0.1, 0.15) is 0 Å². The van der Waals surface area contributed by atoms with Crippen LogP contribution in [-0.2, 0) is 4.74 Å². The first-order valence-electron chi connectivity index (χ1n) is 8.58. The van der Waals surface area contributed by atoms with E-state index in [0.717, 1.165) is 19.0 Å². The summed E-state index contributed by atoms with van der Waals surface area (Å²) in [5, 5.41) is 6.74. The fraction of sp³-hybridized carbons (Fsp3) is 0.611. The Balaban J connectivity index is 1.71.